The number of nitrogens with zero attached hydrogens (tertiary/aromatic N) is 3. The molecule has 4 amide bonds. The van der Waals surface area contributed by atoms with Crippen LogP contribution in [0.3, 0.4) is 0 Å². The first-order chi connectivity index (χ1) is 9.58. The third-order valence-corrected chi connectivity index (χ3v) is 3.39. The fraction of sp³-hybridized carbons (Fsp3) is 0.333. The topological polar surface area (TPSA) is 109 Å². The van der Waals surface area contributed by atoms with Crippen LogP contribution < -0.4 is 5.32 Å². The number of piperidine rings is 1. The van der Waals surface area contributed by atoms with Gasteiger partial charge < -0.3 is 0 Å². The van der Waals surface area contributed by atoms with Crippen LogP contribution in [0.25, 0.3) is 0 Å². The van der Waals surface area contributed by atoms with Gasteiger partial charge in [0.15, 0.2) is 0 Å². The lowest BCUT2D eigenvalue weighted by Crippen LogP contribution is -2.58. The van der Waals surface area contributed by atoms with E-state index in [0.29, 0.717) is 5.56 Å². The highest BCUT2D eigenvalue weighted by Crippen LogP contribution is 2.23. The molecule has 0 radical (unpaired) electrons. The molecule has 2 aliphatic heterocycles. The van der Waals surface area contributed by atoms with Crippen LogP contribution in [0.15, 0.2) is 12.4 Å². The van der Waals surface area contributed by atoms with Crippen molar-refractivity contribution < 1.29 is 19.2 Å². The molecule has 2 aliphatic rings. The number of hydrogen-bond acceptors (Lipinski definition) is 6. The molecule has 8 nitrogen and oxygen atoms in total. The summed E-state index contributed by atoms with van der Waals surface area (Å²) in [5.41, 5.74) is 0.767. The molecule has 102 valence electrons. The summed E-state index contributed by atoms with van der Waals surface area (Å²) < 4.78 is 0. The van der Waals surface area contributed by atoms with Crippen LogP contribution in [0, 0.1) is 0 Å². The summed E-state index contributed by atoms with van der Waals surface area (Å²) in [6, 6.07) is -0.936. The Labute approximate surface area is 113 Å². The third kappa shape index (κ3) is 1.85. The van der Waals surface area contributed by atoms with Crippen molar-refractivity contribution in [2.24, 2.45) is 0 Å². The molecule has 0 saturated carbocycles. The second kappa shape index (κ2) is 4.48. The van der Waals surface area contributed by atoms with Crippen LogP contribution in [-0.2, 0) is 20.8 Å². The second-order valence-corrected chi connectivity index (χ2v) is 4.64. The molecule has 0 aliphatic carbocycles. The predicted octanol–water partition coefficient (Wildman–Crippen LogP) is -1.19. The second-order valence-electron chi connectivity index (χ2n) is 4.64. The van der Waals surface area contributed by atoms with Gasteiger partial charge in [0.2, 0.25) is 17.7 Å². The normalized spacial score (nSPS) is 22.6. The summed E-state index contributed by atoms with van der Waals surface area (Å²) >= 11 is 0. The van der Waals surface area contributed by atoms with Gasteiger partial charge in [-0.3, -0.25) is 29.4 Å². The number of hydrogen-bond donors (Lipinski definition) is 1. The molecule has 1 unspecified atom stereocenters. The average Bonchev–Trinajstić information content (AvgIpc) is 2.41. The lowest BCUT2D eigenvalue weighted by molar-refractivity contribution is -0.143. The highest BCUT2D eigenvalue weighted by atomic mass is 16.2. The number of fused-ring (bicyclic) bond motifs is 1. The van der Waals surface area contributed by atoms with Gasteiger partial charge in [-0.1, -0.05) is 0 Å². The van der Waals surface area contributed by atoms with Crippen LogP contribution in [0.1, 0.15) is 28.8 Å². The van der Waals surface area contributed by atoms with E-state index in [-0.39, 0.29) is 24.8 Å². The summed E-state index contributed by atoms with van der Waals surface area (Å²) in [5.74, 6) is -2.05. The maximum absolute atomic E-state index is 12.3. The fourth-order valence-electron chi connectivity index (χ4n) is 2.41. The van der Waals surface area contributed by atoms with Crippen LogP contribution in [0.5, 0.6) is 0 Å². The van der Waals surface area contributed by atoms with Crippen molar-refractivity contribution in [2.75, 3.05) is 0 Å². The predicted molar refractivity (Wildman–Crippen MR) is 63.1 cm³/mol. The summed E-state index contributed by atoms with van der Waals surface area (Å²) in [5, 5.41) is 9.39. The fourth-order valence-corrected chi connectivity index (χ4v) is 2.41. The van der Waals surface area contributed by atoms with Gasteiger partial charge in [0, 0.05) is 6.42 Å². The van der Waals surface area contributed by atoms with Gasteiger partial charge in [-0.25, -0.2) is 0 Å². The first kappa shape index (κ1) is 12.4. The molecule has 3 heterocycles. The van der Waals surface area contributed by atoms with E-state index in [2.05, 4.69) is 15.5 Å². The van der Waals surface area contributed by atoms with E-state index < -0.39 is 29.7 Å². The van der Waals surface area contributed by atoms with Crippen LogP contribution in [0.2, 0.25) is 0 Å². The molecule has 0 bridgehead atoms. The molecule has 1 saturated heterocycles. The molecule has 1 aromatic rings. The van der Waals surface area contributed by atoms with Crippen molar-refractivity contribution in [3.63, 3.8) is 0 Å². The van der Waals surface area contributed by atoms with Crippen molar-refractivity contribution in [1.29, 1.82) is 0 Å². The molecule has 0 spiro atoms. The van der Waals surface area contributed by atoms with E-state index in [9.17, 15) is 19.2 Å². The first-order valence-electron chi connectivity index (χ1n) is 6.07. The molecule has 0 aromatic carbocycles. The minimum absolute atomic E-state index is 0.00564. The molecule has 1 N–H and O–H groups in total. The Kier molecular flexibility index (Phi) is 2.78. The van der Waals surface area contributed by atoms with Crippen molar-refractivity contribution in [1.82, 2.24) is 20.4 Å². The van der Waals surface area contributed by atoms with Gasteiger partial charge in [0.1, 0.15) is 6.04 Å². The lowest BCUT2D eigenvalue weighted by Gasteiger charge is -2.34. The van der Waals surface area contributed by atoms with E-state index in [1.165, 1.54) is 12.4 Å². The first-order valence-corrected chi connectivity index (χ1v) is 6.07. The molecule has 1 fully saturated rings. The third-order valence-electron chi connectivity index (χ3n) is 3.39. The number of imide groups is 2. The molecule has 20 heavy (non-hydrogen) atoms. The van der Waals surface area contributed by atoms with Crippen LogP contribution in [-0.4, -0.2) is 44.8 Å². The van der Waals surface area contributed by atoms with Crippen LogP contribution >= 0.6 is 0 Å². The largest absolute Gasteiger partial charge is 0.295 e. The maximum atomic E-state index is 12.3. The zero-order valence-corrected chi connectivity index (χ0v) is 10.3. The van der Waals surface area contributed by atoms with E-state index >= 15 is 0 Å². The van der Waals surface area contributed by atoms with Gasteiger partial charge in [0.25, 0.3) is 5.91 Å². The monoisotopic (exact) mass is 274 g/mol. The maximum Gasteiger partial charge on any atom is 0.263 e. The summed E-state index contributed by atoms with van der Waals surface area (Å²) in [4.78, 5) is 48.3. The SMILES string of the molecule is O=C1CCC(N2C(=O)Cc3cnncc3C2=O)C(=O)N1. The molecular weight excluding hydrogens is 264 g/mol. The Bertz CT molecular complexity index is 642. The lowest BCUT2D eigenvalue weighted by atomic mass is 9.97. The Morgan fingerprint density at radius 1 is 1.15 bits per heavy atom. The van der Waals surface area contributed by atoms with Crippen molar-refractivity contribution in [3.8, 4) is 0 Å². The summed E-state index contributed by atoms with van der Waals surface area (Å²) in [6.45, 7) is 0. The number of carbonyl (C=O) groups is 4. The Morgan fingerprint density at radius 3 is 2.65 bits per heavy atom. The van der Waals surface area contributed by atoms with Crippen molar-refractivity contribution in [2.45, 2.75) is 25.3 Å². The standard InChI is InChI=1S/C12H10N4O4/c17-9-2-1-8(11(19)15-9)16-10(18)3-6-4-13-14-5-7(6)12(16)20/h4-5,8H,1-3H2,(H,15,17,19). The Morgan fingerprint density at radius 2 is 1.90 bits per heavy atom. The smallest absolute Gasteiger partial charge is 0.263 e. The summed E-state index contributed by atoms with van der Waals surface area (Å²) in [7, 11) is 0. The average molecular weight is 274 g/mol. The number of nitrogens with one attached hydrogen (secondary N) is 1. The van der Waals surface area contributed by atoms with E-state index in [1.807, 2.05) is 0 Å². The van der Waals surface area contributed by atoms with Crippen molar-refractivity contribution in [3.05, 3.63) is 23.5 Å². The zero-order valence-electron chi connectivity index (χ0n) is 10.3. The Balaban J connectivity index is 1.95. The number of rotatable bonds is 1. The van der Waals surface area contributed by atoms with E-state index in [0.717, 1.165) is 4.90 Å². The molecule has 8 heteroatoms. The molecule has 3 rings (SSSR count). The van der Waals surface area contributed by atoms with Gasteiger partial charge in [-0.05, 0) is 12.0 Å². The number of carbonyl (C=O) groups excluding carboxylic acids is 4. The van der Waals surface area contributed by atoms with E-state index in [1.54, 1.807) is 0 Å². The highest BCUT2D eigenvalue weighted by molar-refractivity contribution is 6.13. The number of aromatic nitrogens is 2. The molecule has 1 aromatic heterocycles. The molecule has 1 atom stereocenters. The quantitative estimate of drug-likeness (QED) is 0.645. The Hall–Kier alpha value is -2.64. The van der Waals surface area contributed by atoms with Gasteiger partial charge in [-0.15, -0.1) is 0 Å². The molecular formula is C12H10N4O4. The summed E-state index contributed by atoms with van der Waals surface area (Å²) in [6.07, 6.45) is 2.90. The van der Waals surface area contributed by atoms with Gasteiger partial charge in [-0.2, -0.15) is 10.2 Å². The minimum Gasteiger partial charge on any atom is -0.295 e. The highest BCUT2D eigenvalue weighted by Gasteiger charge is 2.41. The van der Waals surface area contributed by atoms with E-state index in [4.69, 9.17) is 0 Å². The number of amides is 4. The minimum atomic E-state index is -0.936. The van der Waals surface area contributed by atoms with Gasteiger partial charge >= 0.3 is 0 Å². The zero-order chi connectivity index (χ0) is 14.3. The van der Waals surface area contributed by atoms with Gasteiger partial charge in [0.05, 0.1) is 24.4 Å². The van der Waals surface area contributed by atoms with Crippen LogP contribution in [0.4, 0.5) is 0 Å². The van der Waals surface area contributed by atoms with Crippen molar-refractivity contribution >= 4 is 23.6 Å².